The summed E-state index contributed by atoms with van der Waals surface area (Å²) >= 11 is 6.27. The molecule has 1 N–H and O–H groups in total. The zero-order valence-corrected chi connectivity index (χ0v) is 11.9. The molecule has 4 heteroatoms. The van der Waals surface area contributed by atoms with Gasteiger partial charge in [0.2, 0.25) is 0 Å². The normalized spacial score (nSPS) is 25.1. The van der Waals surface area contributed by atoms with Crippen LogP contribution in [0.3, 0.4) is 0 Å². The summed E-state index contributed by atoms with van der Waals surface area (Å²) < 4.78 is 1.90. The lowest BCUT2D eigenvalue weighted by molar-refractivity contribution is 0.198. The van der Waals surface area contributed by atoms with Crippen LogP contribution in [0, 0.1) is 11.3 Å². The number of nitrogens with zero attached hydrogens (tertiary/aromatic N) is 2. The molecule has 0 aliphatic heterocycles. The van der Waals surface area contributed by atoms with Crippen molar-refractivity contribution in [2.24, 2.45) is 18.4 Å². The molecular weight excluding hydrogens is 234 g/mol. The smallest absolute Gasteiger partial charge is 0.0834 e. The summed E-state index contributed by atoms with van der Waals surface area (Å²) in [5, 5.41) is 8.46. The second-order valence-electron chi connectivity index (χ2n) is 5.76. The van der Waals surface area contributed by atoms with E-state index < -0.39 is 0 Å². The summed E-state index contributed by atoms with van der Waals surface area (Å²) in [4.78, 5) is 0. The number of aryl methyl sites for hydroxylation is 1. The fourth-order valence-electron chi connectivity index (χ4n) is 3.27. The maximum atomic E-state index is 6.27. The molecule has 0 bridgehead atoms. The van der Waals surface area contributed by atoms with E-state index in [9.17, 15) is 0 Å². The van der Waals surface area contributed by atoms with Gasteiger partial charge in [0.1, 0.15) is 0 Å². The summed E-state index contributed by atoms with van der Waals surface area (Å²) in [6.07, 6.45) is 5.61. The Morgan fingerprint density at radius 1 is 1.59 bits per heavy atom. The molecule has 0 aromatic carbocycles. The van der Waals surface area contributed by atoms with Crippen LogP contribution in [0.25, 0.3) is 0 Å². The average Bonchev–Trinajstić information content (AvgIpc) is 2.76. The van der Waals surface area contributed by atoms with Crippen LogP contribution in [0.1, 0.15) is 44.8 Å². The summed E-state index contributed by atoms with van der Waals surface area (Å²) in [7, 11) is 3.98. The standard InChI is InChI=1S/C13H22ClN3/c1-13(2)7-5-6-9(13)11(15-3)12-10(14)8-16-17(12)4/h8-9,11,15H,5-7H2,1-4H3. The number of hydrogen-bond donors (Lipinski definition) is 1. The molecule has 1 aliphatic carbocycles. The number of nitrogens with one attached hydrogen (secondary N) is 1. The molecular formula is C13H22ClN3. The highest BCUT2D eigenvalue weighted by Crippen LogP contribution is 2.49. The third kappa shape index (κ3) is 2.23. The van der Waals surface area contributed by atoms with Gasteiger partial charge in [-0.2, -0.15) is 5.10 Å². The van der Waals surface area contributed by atoms with Crippen LogP contribution in [0.4, 0.5) is 0 Å². The number of hydrogen-bond acceptors (Lipinski definition) is 2. The number of halogens is 1. The van der Waals surface area contributed by atoms with Crippen LogP contribution in [0.15, 0.2) is 6.20 Å². The molecule has 0 amide bonds. The fourth-order valence-corrected chi connectivity index (χ4v) is 3.55. The minimum absolute atomic E-state index is 0.299. The Morgan fingerprint density at radius 2 is 2.29 bits per heavy atom. The molecule has 1 fully saturated rings. The molecule has 0 spiro atoms. The fraction of sp³-hybridized carbons (Fsp3) is 0.769. The predicted octanol–water partition coefficient (Wildman–Crippen LogP) is 3.16. The van der Waals surface area contributed by atoms with E-state index in [-0.39, 0.29) is 0 Å². The van der Waals surface area contributed by atoms with Crippen LogP contribution in [-0.2, 0) is 7.05 Å². The van der Waals surface area contributed by atoms with Crippen molar-refractivity contribution in [3.8, 4) is 0 Å². The molecule has 0 radical (unpaired) electrons. The van der Waals surface area contributed by atoms with Crippen molar-refractivity contribution in [2.75, 3.05) is 7.05 Å². The van der Waals surface area contributed by atoms with Gasteiger partial charge in [0.05, 0.1) is 23.0 Å². The number of rotatable bonds is 3. The van der Waals surface area contributed by atoms with Crippen LogP contribution < -0.4 is 5.32 Å². The molecule has 2 atom stereocenters. The van der Waals surface area contributed by atoms with E-state index in [0.717, 1.165) is 10.7 Å². The summed E-state index contributed by atoms with van der Waals surface area (Å²) in [5.41, 5.74) is 1.50. The summed E-state index contributed by atoms with van der Waals surface area (Å²) in [5.74, 6) is 0.625. The molecule has 2 rings (SSSR count). The van der Waals surface area contributed by atoms with Gasteiger partial charge in [0.15, 0.2) is 0 Å². The van der Waals surface area contributed by atoms with Gasteiger partial charge in [-0.3, -0.25) is 4.68 Å². The first-order valence-corrected chi connectivity index (χ1v) is 6.70. The zero-order chi connectivity index (χ0) is 12.6. The Hall–Kier alpha value is -0.540. The quantitative estimate of drug-likeness (QED) is 0.899. The van der Waals surface area contributed by atoms with Gasteiger partial charge in [-0.15, -0.1) is 0 Å². The van der Waals surface area contributed by atoms with Gasteiger partial charge in [0, 0.05) is 7.05 Å². The van der Waals surface area contributed by atoms with Crippen molar-refractivity contribution in [1.29, 1.82) is 0 Å². The Balaban J connectivity index is 2.34. The first-order valence-electron chi connectivity index (χ1n) is 6.32. The number of aromatic nitrogens is 2. The Kier molecular flexibility index (Phi) is 3.50. The molecule has 1 aromatic heterocycles. The Labute approximate surface area is 109 Å². The summed E-state index contributed by atoms with van der Waals surface area (Å²) in [6, 6.07) is 0.299. The van der Waals surface area contributed by atoms with Crippen molar-refractivity contribution in [3.05, 3.63) is 16.9 Å². The van der Waals surface area contributed by atoms with Gasteiger partial charge in [-0.1, -0.05) is 31.9 Å². The first-order chi connectivity index (χ1) is 7.97. The van der Waals surface area contributed by atoms with Crippen LogP contribution >= 0.6 is 11.6 Å². The van der Waals surface area contributed by atoms with E-state index in [1.807, 2.05) is 18.8 Å². The third-order valence-corrected chi connectivity index (χ3v) is 4.58. The largest absolute Gasteiger partial charge is 0.311 e. The van der Waals surface area contributed by atoms with Gasteiger partial charge >= 0.3 is 0 Å². The van der Waals surface area contributed by atoms with Crippen molar-refractivity contribution in [1.82, 2.24) is 15.1 Å². The van der Waals surface area contributed by atoms with Gasteiger partial charge in [-0.05, 0) is 31.2 Å². The molecule has 3 nitrogen and oxygen atoms in total. The highest BCUT2D eigenvalue weighted by molar-refractivity contribution is 6.31. The molecule has 1 saturated carbocycles. The minimum Gasteiger partial charge on any atom is -0.311 e. The van der Waals surface area contributed by atoms with E-state index in [0.29, 0.717) is 17.4 Å². The van der Waals surface area contributed by atoms with Crippen molar-refractivity contribution in [3.63, 3.8) is 0 Å². The maximum Gasteiger partial charge on any atom is 0.0834 e. The van der Waals surface area contributed by atoms with Crippen LogP contribution in [0.5, 0.6) is 0 Å². The van der Waals surface area contributed by atoms with Gasteiger partial charge in [0.25, 0.3) is 0 Å². The molecule has 1 aliphatic rings. The SMILES string of the molecule is CNC(c1c(Cl)cnn1C)C1CCCC1(C)C. The van der Waals surface area contributed by atoms with E-state index >= 15 is 0 Å². The molecule has 96 valence electrons. The molecule has 1 aromatic rings. The zero-order valence-electron chi connectivity index (χ0n) is 11.1. The van der Waals surface area contributed by atoms with Crippen molar-refractivity contribution < 1.29 is 0 Å². The Bertz CT molecular complexity index is 378. The molecule has 17 heavy (non-hydrogen) atoms. The van der Waals surface area contributed by atoms with Gasteiger partial charge in [-0.25, -0.2) is 0 Å². The second-order valence-corrected chi connectivity index (χ2v) is 6.16. The Morgan fingerprint density at radius 3 is 2.71 bits per heavy atom. The maximum absolute atomic E-state index is 6.27. The molecule has 2 unspecified atom stereocenters. The molecule has 1 heterocycles. The second kappa shape index (κ2) is 4.62. The highest BCUT2D eigenvalue weighted by Gasteiger charge is 2.41. The lowest BCUT2D eigenvalue weighted by Crippen LogP contribution is -2.33. The minimum atomic E-state index is 0.299. The van der Waals surface area contributed by atoms with Gasteiger partial charge < -0.3 is 5.32 Å². The van der Waals surface area contributed by atoms with Crippen molar-refractivity contribution >= 4 is 11.6 Å². The predicted molar refractivity (Wildman–Crippen MR) is 71.1 cm³/mol. The average molecular weight is 256 g/mol. The topological polar surface area (TPSA) is 29.9 Å². The van der Waals surface area contributed by atoms with Crippen molar-refractivity contribution in [2.45, 2.75) is 39.2 Å². The van der Waals surface area contributed by atoms with E-state index in [4.69, 9.17) is 11.6 Å². The third-order valence-electron chi connectivity index (χ3n) is 4.29. The van der Waals surface area contributed by atoms with E-state index in [2.05, 4.69) is 24.3 Å². The molecule has 0 saturated heterocycles. The first kappa shape index (κ1) is 12.9. The highest BCUT2D eigenvalue weighted by atomic mass is 35.5. The van der Waals surface area contributed by atoms with E-state index in [1.54, 1.807) is 6.20 Å². The lowest BCUT2D eigenvalue weighted by Gasteiger charge is -2.34. The lowest BCUT2D eigenvalue weighted by atomic mass is 9.76. The van der Waals surface area contributed by atoms with Crippen LogP contribution in [-0.4, -0.2) is 16.8 Å². The van der Waals surface area contributed by atoms with Crippen LogP contribution in [0.2, 0.25) is 5.02 Å². The monoisotopic (exact) mass is 255 g/mol. The van der Waals surface area contributed by atoms with E-state index in [1.165, 1.54) is 19.3 Å². The summed E-state index contributed by atoms with van der Waals surface area (Å²) in [6.45, 7) is 4.72.